The molecule has 146 valence electrons. The van der Waals surface area contributed by atoms with Crippen LogP contribution in [0.15, 0.2) is 10.5 Å². The van der Waals surface area contributed by atoms with Gasteiger partial charge in [0.1, 0.15) is 24.7 Å². The number of nitrogens with one attached hydrogen (secondary N) is 3. The number of β-lactam (4-membered cyclic amide) rings is 1. The SMILES string of the molecule is CON=C(C(=O)N[C@@H]1C(=O)N[C@@H]1CC(=O)OC)c1csc(NC(=O)CCl)n1. The molecule has 1 aliphatic rings. The molecular formula is C14H16ClN5O6S. The highest BCUT2D eigenvalue weighted by atomic mass is 35.5. The first kappa shape index (κ1) is 20.6. The Morgan fingerprint density at radius 1 is 1.41 bits per heavy atom. The number of anilines is 1. The first-order chi connectivity index (χ1) is 12.9. The molecule has 2 heterocycles. The quantitative estimate of drug-likeness (QED) is 0.165. The van der Waals surface area contributed by atoms with Gasteiger partial charge in [0.05, 0.1) is 19.6 Å². The number of alkyl halides is 1. The second-order valence-corrected chi connectivity index (χ2v) is 6.31. The van der Waals surface area contributed by atoms with Gasteiger partial charge in [-0.1, -0.05) is 5.16 Å². The smallest absolute Gasteiger partial charge is 0.307 e. The number of hydrogen-bond donors (Lipinski definition) is 3. The Bertz CT molecular complexity index is 782. The summed E-state index contributed by atoms with van der Waals surface area (Å²) in [6.07, 6.45) is -0.0880. The lowest BCUT2D eigenvalue weighted by atomic mass is 9.95. The van der Waals surface area contributed by atoms with Crippen LogP contribution in [0.1, 0.15) is 12.1 Å². The molecule has 2 atom stereocenters. The van der Waals surface area contributed by atoms with Crippen molar-refractivity contribution >= 4 is 57.5 Å². The van der Waals surface area contributed by atoms with E-state index in [2.05, 4.69) is 35.7 Å². The third-order valence-corrected chi connectivity index (χ3v) is 4.43. The maximum Gasteiger partial charge on any atom is 0.307 e. The number of amides is 3. The van der Waals surface area contributed by atoms with Crippen molar-refractivity contribution in [1.82, 2.24) is 15.6 Å². The highest BCUT2D eigenvalue weighted by Crippen LogP contribution is 2.17. The molecule has 1 saturated heterocycles. The Balaban J connectivity index is 2.09. The molecule has 1 aromatic rings. The number of thiazole rings is 1. The standard InChI is InChI=1S/C14H16ClN5O6S/c1-25-9(22)3-6-10(12(23)16-6)19-13(24)11(20-26-2)7-5-27-14(17-7)18-8(21)4-15/h5-6,10H,3-4H2,1-2H3,(H,16,23)(H,19,24)(H,17,18,21)/t6-,10+/m1/s1. The van der Waals surface area contributed by atoms with Crippen LogP contribution in [0.4, 0.5) is 5.13 Å². The van der Waals surface area contributed by atoms with Crippen molar-refractivity contribution in [2.24, 2.45) is 5.16 Å². The maximum atomic E-state index is 12.5. The van der Waals surface area contributed by atoms with Crippen LogP contribution in [0, 0.1) is 0 Å². The molecule has 11 nitrogen and oxygen atoms in total. The number of esters is 1. The normalized spacial score (nSPS) is 18.8. The van der Waals surface area contributed by atoms with Crippen molar-refractivity contribution in [3.8, 4) is 0 Å². The Labute approximate surface area is 162 Å². The molecule has 0 bridgehead atoms. The Morgan fingerprint density at radius 2 is 2.15 bits per heavy atom. The van der Waals surface area contributed by atoms with E-state index in [1.807, 2.05) is 0 Å². The second kappa shape index (κ2) is 9.28. The molecule has 0 aromatic carbocycles. The molecule has 2 rings (SSSR count). The number of aromatic nitrogens is 1. The third-order valence-electron chi connectivity index (χ3n) is 3.43. The summed E-state index contributed by atoms with van der Waals surface area (Å²) in [6.45, 7) is 0. The van der Waals surface area contributed by atoms with Gasteiger partial charge in [0, 0.05) is 5.38 Å². The summed E-state index contributed by atoms with van der Waals surface area (Å²) in [6, 6.07) is -1.51. The first-order valence-corrected chi connectivity index (χ1v) is 8.92. The molecule has 3 N–H and O–H groups in total. The summed E-state index contributed by atoms with van der Waals surface area (Å²) in [4.78, 5) is 55.6. The monoisotopic (exact) mass is 417 g/mol. The number of carbonyl (C=O) groups is 4. The third kappa shape index (κ3) is 5.14. The molecule has 0 saturated carbocycles. The van der Waals surface area contributed by atoms with Crippen LogP contribution < -0.4 is 16.0 Å². The van der Waals surface area contributed by atoms with Gasteiger partial charge in [-0.15, -0.1) is 22.9 Å². The van der Waals surface area contributed by atoms with Gasteiger partial charge in [-0.2, -0.15) is 0 Å². The van der Waals surface area contributed by atoms with Gasteiger partial charge in [-0.05, 0) is 0 Å². The molecule has 0 spiro atoms. The average Bonchev–Trinajstić information content (AvgIpc) is 3.11. The van der Waals surface area contributed by atoms with Crippen LogP contribution in [-0.2, 0) is 28.8 Å². The lowest BCUT2D eigenvalue weighted by Gasteiger charge is -2.36. The van der Waals surface area contributed by atoms with Crippen molar-refractivity contribution in [1.29, 1.82) is 0 Å². The number of oxime groups is 1. The minimum atomic E-state index is -0.923. The summed E-state index contributed by atoms with van der Waals surface area (Å²) in [5.74, 6) is -2.39. The molecule has 0 unspecified atom stereocenters. The van der Waals surface area contributed by atoms with Crippen molar-refractivity contribution in [3.63, 3.8) is 0 Å². The maximum absolute atomic E-state index is 12.5. The van der Waals surface area contributed by atoms with E-state index < -0.39 is 35.8 Å². The minimum absolute atomic E-state index is 0.0880. The highest BCUT2D eigenvalue weighted by Gasteiger charge is 2.42. The van der Waals surface area contributed by atoms with E-state index in [1.54, 1.807) is 0 Å². The molecule has 1 aliphatic heterocycles. The van der Waals surface area contributed by atoms with Crippen molar-refractivity contribution in [3.05, 3.63) is 11.1 Å². The zero-order valence-electron chi connectivity index (χ0n) is 14.3. The van der Waals surface area contributed by atoms with Gasteiger partial charge in [-0.3, -0.25) is 19.2 Å². The fraction of sp³-hybridized carbons (Fsp3) is 0.429. The van der Waals surface area contributed by atoms with Gasteiger partial charge in [-0.25, -0.2) is 4.98 Å². The van der Waals surface area contributed by atoms with Gasteiger partial charge in [0.2, 0.25) is 11.8 Å². The van der Waals surface area contributed by atoms with Crippen LogP contribution in [0.2, 0.25) is 0 Å². The summed E-state index contributed by atoms with van der Waals surface area (Å²) < 4.78 is 4.54. The molecule has 3 amide bonds. The lowest BCUT2D eigenvalue weighted by molar-refractivity contribution is -0.144. The number of rotatable bonds is 8. The summed E-state index contributed by atoms with van der Waals surface area (Å²) in [7, 11) is 2.47. The molecule has 1 fully saturated rings. The highest BCUT2D eigenvalue weighted by molar-refractivity contribution is 7.14. The second-order valence-electron chi connectivity index (χ2n) is 5.19. The Hall–Kier alpha value is -2.73. The van der Waals surface area contributed by atoms with E-state index in [-0.39, 0.29) is 28.8 Å². The summed E-state index contributed by atoms with van der Waals surface area (Å²) >= 11 is 6.47. The number of hydrogen-bond acceptors (Lipinski definition) is 9. The van der Waals surface area contributed by atoms with Crippen molar-refractivity contribution < 1.29 is 28.8 Å². The number of halogens is 1. The Morgan fingerprint density at radius 3 is 2.74 bits per heavy atom. The molecule has 0 aliphatic carbocycles. The molecule has 0 radical (unpaired) electrons. The van der Waals surface area contributed by atoms with E-state index in [1.165, 1.54) is 19.6 Å². The van der Waals surface area contributed by atoms with Crippen LogP contribution in [0.3, 0.4) is 0 Å². The van der Waals surface area contributed by atoms with E-state index in [9.17, 15) is 19.2 Å². The lowest BCUT2D eigenvalue weighted by Crippen LogP contribution is -2.70. The van der Waals surface area contributed by atoms with Crippen LogP contribution in [0.5, 0.6) is 0 Å². The fourth-order valence-corrected chi connectivity index (χ4v) is 2.92. The first-order valence-electron chi connectivity index (χ1n) is 7.50. The van der Waals surface area contributed by atoms with E-state index in [4.69, 9.17) is 11.6 Å². The Kier molecular flexibility index (Phi) is 7.07. The summed E-state index contributed by atoms with van der Waals surface area (Å²) in [5.41, 5.74) is -0.0647. The fourth-order valence-electron chi connectivity index (χ4n) is 2.14. The van der Waals surface area contributed by atoms with Gasteiger partial charge >= 0.3 is 5.97 Å². The molecular weight excluding hydrogens is 402 g/mol. The van der Waals surface area contributed by atoms with Crippen LogP contribution in [-0.4, -0.2) is 66.6 Å². The van der Waals surface area contributed by atoms with Crippen molar-refractivity contribution in [2.45, 2.75) is 18.5 Å². The zero-order chi connectivity index (χ0) is 20.0. The number of nitrogens with zero attached hydrogens (tertiary/aromatic N) is 2. The van der Waals surface area contributed by atoms with Gasteiger partial charge in [0.25, 0.3) is 5.91 Å². The topological polar surface area (TPSA) is 148 Å². The summed E-state index contributed by atoms with van der Waals surface area (Å²) in [5, 5.41) is 12.8. The van der Waals surface area contributed by atoms with E-state index in [0.29, 0.717) is 0 Å². The van der Waals surface area contributed by atoms with Gasteiger partial charge in [0.15, 0.2) is 10.8 Å². The zero-order valence-corrected chi connectivity index (χ0v) is 15.8. The van der Waals surface area contributed by atoms with E-state index >= 15 is 0 Å². The molecule has 13 heteroatoms. The van der Waals surface area contributed by atoms with Crippen LogP contribution in [0.25, 0.3) is 0 Å². The van der Waals surface area contributed by atoms with Gasteiger partial charge < -0.3 is 25.5 Å². The number of methoxy groups -OCH3 is 1. The number of carbonyl (C=O) groups excluding carboxylic acids is 4. The van der Waals surface area contributed by atoms with Crippen LogP contribution >= 0.6 is 22.9 Å². The predicted octanol–water partition coefficient (Wildman–Crippen LogP) is -0.783. The predicted molar refractivity (Wildman–Crippen MR) is 95.5 cm³/mol. The molecule has 1 aromatic heterocycles. The largest absolute Gasteiger partial charge is 0.469 e. The minimum Gasteiger partial charge on any atom is -0.469 e. The van der Waals surface area contributed by atoms with Crippen molar-refractivity contribution in [2.75, 3.05) is 25.4 Å². The number of ether oxygens (including phenoxy) is 1. The average molecular weight is 418 g/mol. The molecule has 27 heavy (non-hydrogen) atoms. The van der Waals surface area contributed by atoms with E-state index in [0.717, 1.165) is 11.3 Å².